The van der Waals surface area contributed by atoms with Crippen LogP contribution >= 0.6 is 23.6 Å². The molecule has 0 radical (unpaired) electrons. The van der Waals surface area contributed by atoms with Gasteiger partial charge in [0, 0.05) is 37.5 Å². The van der Waals surface area contributed by atoms with Crippen LogP contribution in [0.25, 0.3) is 0 Å². The second-order valence-corrected chi connectivity index (χ2v) is 8.08. The monoisotopic (exact) mass is 403 g/mol. The molecule has 1 N–H and O–H groups in total. The lowest BCUT2D eigenvalue weighted by atomic mass is 10.1. The van der Waals surface area contributed by atoms with Gasteiger partial charge in [-0.1, -0.05) is 30.3 Å². The molecule has 0 aliphatic carbocycles. The topological polar surface area (TPSA) is 44.8 Å². The maximum atomic E-state index is 12.4. The van der Waals surface area contributed by atoms with Gasteiger partial charge in [0.25, 0.3) is 0 Å². The molecule has 0 atom stereocenters. The van der Waals surface area contributed by atoms with Crippen LogP contribution in [0, 0.1) is 0 Å². The lowest BCUT2D eigenvalue weighted by Crippen LogP contribution is -2.48. The molecule has 7 heteroatoms. The number of nitrogens with zero attached hydrogens (tertiary/aromatic N) is 2. The number of thiocarbonyl (C=S) groups is 1. The maximum Gasteiger partial charge on any atom is 0.341 e. The van der Waals surface area contributed by atoms with E-state index in [1.165, 1.54) is 5.56 Å². The quantitative estimate of drug-likeness (QED) is 0.609. The van der Waals surface area contributed by atoms with Crippen molar-refractivity contribution in [1.82, 2.24) is 9.80 Å². The number of hydrogen-bond acceptors (Lipinski definition) is 5. The molecule has 144 valence electrons. The Morgan fingerprint density at radius 2 is 1.93 bits per heavy atom. The number of likely N-dealkylation sites (N-methyl/N-ethyl adjacent to an activating group) is 1. The van der Waals surface area contributed by atoms with Crippen LogP contribution in [-0.4, -0.2) is 60.7 Å². The summed E-state index contributed by atoms with van der Waals surface area (Å²) >= 11 is 7.16. The smallest absolute Gasteiger partial charge is 0.341 e. The average molecular weight is 404 g/mol. The minimum absolute atomic E-state index is 0.309. The van der Waals surface area contributed by atoms with E-state index < -0.39 is 0 Å². The summed E-state index contributed by atoms with van der Waals surface area (Å²) in [6.07, 6.45) is 0.779. The van der Waals surface area contributed by atoms with Crippen molar-refractivity contribution >= 4 is 39.6 Å². The molecule has 1 aliphatic heterocycles. The highest BCUT2D eigenvalue weighted by atomic mass is 32.1. The first-order valence-electron chi connectivity index (χ1n) is 9.15. The van der Waals surface area contributed by atoms with E-state index in [0.717, 1.165) is 42.5 Å². The molecule has 1 fully saturated rings. The molecule has 0 amide bonds. The van der Waals surface area contributed by atoms with E-state index in [0.29, 0.717) is 17.3 Å². The Balaban J connectivity index is 1.77. The van der Waals surface area contributed by atoms with Crippen molar-refractivity contribution in [2.75, 3.05) is 45.2 Å². The van der Waals surface area contributed by atoms with Crippen LogP contribution in [-0.2, 0) is 11.2 Å². The van der Waals surface area contributed by atoms with Crippen molar-refractivity contribution in [1.29, 1.82) is 0 Å². The number of benzene rings is 1. The van der Waals surface area contributed by atoms with Crippen molar-refractivity contribution < 1.29 is 9.53 Å². The van der Waals surface area contributed by atoms with Crippen LogP contribution in [0.1, 0.15) is 27.7 Å². The van der Waals surface area contributed by atoms with Gasteiger partial charge < -0.3 is 19.9 Å². The molecule has 5 nitrogen and oxygen atoms in total. The van der Waals surface area contributed by atoms with Gasteiger partial charge in [-0.05, 0) is 37.8 Å². The van der Waals surface area contributed by atoms with Gasteiger partial charge >= 0.3 is 5.97 Å². The summed E-state index contributed by atoms with van der Waals surface area (Å²) in [6, 6.07) is 12.2. The zero-order valence-electron chi connectivity index (χ0n) is 15.7. The Bertz CT molecular complexity index is 784. The van der Waals surface area contributed by atoms with Crippen LogP contribution in [0.15, 0.2) is 36.4 Å². The van der Waals surface area contributed by atoms with E-state index in [1.807, 2.05) is 31.2 Å². The van der Waals surface area contributed by atoms with E-state index in [2.05, 4.69) is 34.3 Å². The lowest BCUT2D eigenvalue weighted by molar-refractivity contribution is 0.0528. The summed E-state index contributed by atoms with van der Waals surface area (Å²) in [7, 11) is 2.11. The molecule has 0 spiro atoms. The first kappa shape index (κ1) is 19.8. The van der Waals surface area contributed by atoms with Gasteiger partial charge in [0.15, 0.2) is 5.11 Å². The van der Waals surface area contributed by atoms with Crippen LogP contribution < -0.4 is 5.32 Å². The number of nitrogens with one attached hydrogen (secondary N) is 1. The van der Waals surface area contributed by atoms with E-state index in [9.17, 15) is 4.79 Å². The second-order valence-electron chi connectivity index (χ2n) is 6.56. The summed E-state index contributed by atoms with van der Waals surface area (Å²) in [6.45, 7) is 5.91. The van der Waals surface area contributed by atoms with Crippen molar-refractivity contribution in [3.63, 3.8) is 0 Å². The Hall–Kier alpha value is -1.96. The molecule has 1 aromatic carbocycles. The molecule has 1 aliphatic rings. The molecule has 2 aromatic rings. The predicted molar refractivity (Wildman–Crippen MR) is 115 cm³/mol. The molecule has 2 heterocycles. The minimum Gasteiger partial charge on any atom is -0.462 e. The largest absolute Gasteiger partial charge is 0.462 e. The number of hydrogen-bond donors (Lipinski definition) is 1. The molecule has 27 heavy (non-hydrogen) atoms. The fourth-order valence-electron chi connectivity index (χ4n) is 2.97. The van der Waals surface area contributed by atoms with Crippen molar-refractivity contribution in [3.8, 4) is 0 Å². The number of ether oxygens (including phenoxy) is 1. The van der Waals surface area contributed by atoms with E-state index in [1.54, 1.807) is 11.3 Å². The number of carbonyl (C=O) groups is 1. The second kappa shape index (κ2) is 9.30. The predicted octanol–water partition coefficient (Wildman–Crippen LogP) is 3.46. The number of carbonyl (C=O) groups excluding carboxylic acids is 1. The third-order valence-electron chi connectivity index (χ3n) is 4.51. The summed E-state index contributed by atoms with van der Waals surface area (Å²) in [5.41, 5.74) is 1.77. The average Bonchev–Trinajstić information content (AvgIpc) is 3.05. The van der Waals surface area contributed by atoms with Gasteiger partial charge in [0.1, 0.15) is 5.00 Å². The first-order valence-corrected chi connectivity index (χ1v) is 10.4. The summed E-state index contributed by atoms with van der Waals surface area (Å²) in [4.78, 5) is 18.0. The summed E-state index contributed by atoms with van der Waals surface area (Å²) < 4.78 is 5.24. The molecule has 1 aromatic heterocycles. The van der Waals surface area contributed by atoms with Crippen LogP contribution in [0.3, 0.4) is 0 Å². The van der Waals surface area contributed by atoms with Crippen molar-refractivity contribution in [3.05, 3.63) is 52.4 Å². The van der Waals surface area contributed by atoms with Crippen molar-refractivity contribution in [2.24, 2.45) is 0 Å². The van der Waals surface area contributed by atoms with E-state index in [4.69, 9.17) is 17.0 Å². The molecule has 0 unspecified atom stereocenters. The van der Waals surface area contributed by atoms with Gasteiger partial charge in [-0.2, -0.15) is 0 Å². The molecule has 3 rings (SSSR count). The van der Waals surface area contributed by atoms with E-state index >= 15 is 0 Å². The van der Waals surface area contributed by atoms with E-state index in [-0.39, 0.29) is 5.97 Å². The third kappa shape index (κ3) is 5.28. The lowest BCUT2D eigenvalue weighted by Gasteiger charge is -2.34. The normalized spacial score (nSPS) is 14.8. The van der Waals surface area contributed by atoms with Crippen LogP contribution in [0.4, 0.5) is 5.00 Å². The number of thiophene rings is 1. The molecule has 0 saturated carbocycles. The molecular weight excluding hydrogens is 378 g/mol. The SMILES string of the molecule is CCOC(=O)c1cc(Cc2ccccc2)sc1NC(=S)N1CCN(C)CC1. The highest BCUT2D eigenvalue weighted by Crippen LogP contribution is 2.31. The number of esters is 1. The van der Waals surface area contributed by atoms with Crippen molar-refractivity contribution in [2.45, 2.75) is 13.3 Å². The van der Waals surface area contributed by atoms with Gasteiger partial charge in [-0.15, -0.1) is 11.3 Å². The van der Waals surface area contributed by atoms with Gasteiger partial charge in [0.2, 0.25) is 0 Å². The fourth-order valence-corrected chi connectivity index (χ4v) is 4.39. The zero-order valence-corrected chi connectivity index (χ0v) is 17.4. The highest BCUT2D eigenvalue weighted by Gasteiger charge is 2.21. The Morgan fingerprint density at radius 3 is 2.59 bits per heavy atom. The molecular formula is C20H25N3O2S2. The summed E-state index contributed by atoms with van der Waals surface area (Å²) in [5.74, 6) is -0.309. The Kier molecular flexibility index (Phi) is 6.82. The molecule has 1 saturated heterocycles. The Labute approximate surface area is 169 Å². The first-order chi connectivity index (χ1) is 13.1. The Morgan fingerprint density at radius 1 is 1.22 bits per heavy atom. The number of piperazine rings is 1. The molecule has 0 bridgehead atoms. The standard InChI is InChI=1S/C20H25N3O2S2/c1-3-25-19(24)17-14-16(13-15-7-5-4-6-8-15)27-18(17)21-20(26)23-11-9-22(2)10-12-23/h4-8,14H,3,9-13H2,1-2H3,(H,21,26). The maximum absolute atomic E-state index is 12.4. The third-order valence-corrected chi connectivity index (χ3v) is 5.92. The summed E-state index contributed by atoms with van der Waals surface area (Å²) in [5, 5.41) is 4.73. The van der Waals surface area contributed by atoms with Gasteiger partial charge in [0.05, 0.1) is 12.2 Å². The van der Waals surface area contributed by atoms with Gasteiger partial charge in [-0.25, -0.2) is 4.79 Å². The van der Waals surface area contributed by atoms with Crippen LogP contribution in [0.5, 0.6) is 0 Å². The highest BCUT2D eigenvalue weighted by molar-refractivity contribution is 7.80. The number of anilines is 1. The minimum atomic E-state index is -0.309. The fraction of sp³-hybridized carbons (Fsp3) is 0.400. The van der Waals surface area contributed by atoms with Gasteiger partial charge in [-0.3, -0.25) is 0 Å². The van der Waals surface area contributed by atoms with Crippen LogP contribution in [0.2, 0.25) is 0 Å². The number of rotatable bonds is 5. The zero-order chi connectivity index (χ0) is 19.2.